The number of amides is 2. The molecule has 1 heterocycles. The first-order valence-electron chi connectivity index (χ1n) is 8.28. The van der Waals surface area contributed by atoms with E-state index < -0.39 is 0 Å². The maximum atomic E-state index is 12.7. The third kappa shape index (κ3) is 3.42. The number of benzene rings is 2. The largest absolute Gasteiger partial charge is 0.497 e. The fourth-order valence-corrected chi connectivity index (χ4v) is 2.75. The third-order valence-electron chi connectivity index (χ3n) is 4.10. The molecule has 0 radical (unpaired) electrons. The van der Waals surface area contributed by atoms with Gasteiger partial charge in [-0.25, -0.2) is 4.79 Å². The summed E-state index contributed by atoms with van der Waals surface area (Å²) >= 11 is 0. The van der Waals surface area contributed by atoms with Crippen LogP contribution in [-0.4, -0.2) is 32.0 Å². The van der Waals surface area contributed by atoms with E-state index in [0.717, 1.165) is 5.39 Å². The van der Waals surface area contributed by atoms with Crippen molar-refractivity contribution >= 4 is 22.7 Å². The fraction of sp³-hybridized carbons (Fsp3) is 0.263. The molecule has 0 spiro atoms. The number of urea groups is 1. The Kier molecular flexibility index (Phi) is 5.26. The van der Waals surface area contributed by atoms with E-state index in [1.807, 2.05) is 31.2 Å². The predicted molar refractivity (Wildman–Crippen MR) is 98.8 cm³/mol. The van der Waals surface area contributed by atoms with Crippen LogP contribution >= 0.6 is 0 Å². The first-order valence-corrected chi connectivity index (χ1v) is 8.28. The minimum atomic E-state index is -0.258. The Labute approximate surface area is 151 Å². The number of nitrogens with zero attached hydrogens (tertiary/aromatic N) is 2. The minimum absolute atomic E-state index is 0.258. The molecular weight excluding hydrogens is 334 g/mol. The van der Waals surface area contributed by atoms with Crippen LogP contribution in [0.4, 0.5) is 10.5 Å². The molecule has 0 aliphatic heterocycles. The number of hydrogen-bond acceptors (Lipinski definition) is 5. The molecule has 0 aliphatic rings. The standard InChI is InChI=1S/C19H21N3O4/c1-4-22(16-11-13(24-2)9-10-18(16)25-3)19(23)20-12-15-14-7-5-6-8-17(14)26-21-15/h5-11H,4,12H2,1-3H3,(H,20,23). The monoisotopic (exact) mass is 355 g/mol. The lowest BCUT2D eigenvalue weighted by Crippen LogP contribution is -2.39. The van der Waals surface area contributed by atoms with Crippen LogP contribution in [0.3, 0.4) is 0 Å². The highest BCUT2D eigenvalue weighted by Gasteiger charge is 2.19. The molecule has 0 aliphatic carbocycles. The lowest BCUT2D eigenvalue weighted by atomic mass is 10.2. The van der Waals surface area contributed by atoms with E-state index in [4.69, 9.17) is 14.0 Å². The number of carbonyl (C=O) groups is 1. The molecule has 26 heavy (non-hydrogen) atoms. The summed E-state index contributed by atoms with van der Waals surface area (Å²) in [5.74, 6) is 1.24. The quantitative estimate of drug-likeness (QED) is 0.731. The maximum Gasteiger partial charge on any atom is 0.322 e. The molecule has 0 saturated heterocycles. The summed E-state index contributed by atoms with van der Waals surface area (Å²) in [5, 5.41) is 7.80. The lowest BCUT2D eigenvalue weighted by molar-refractivity contribution is 0.245. The zero-order chi connectivity index (χ0) is 18.5. The van der Waals surface area contributed by atoms with Gasteiger partial charge in [-0.3, -0.25) is 4.90 Å². The molecular formula is C19H21N3O4. The average molecular weight is 355 g/mol. The SMILES string of the molecule is CCN(C(=O)NCc1noc2ccccc12)c1cc(OC)ccc1OC. The number of carbonyl (C=O) groups excluding carboxylic acids is 1. The topological polar surface area (TPSA) is 76.8 Å². The summed E-state index contributed by atoms with van der Waals surface area (Å²) in [5.41, 5.74) is 2.01. The molecule has 7 nitrogen and oxygen atoms in total. The molecule has 0 unspecified atom stereocenters. The van der Waals surface area contributed by atoms with Crippen molar-refractivity contribution in [1.82, 2.24) is 10.5 Å². The molecule has 2 amide bonds. The number of aromatic nitrogens is 1. The zero-order valence-corrected chi connectivity index (χ0v) is 15.0. The molecule has 3 rings (SSSR count). The zero-order valence-electron chi connectivity index (χ0n) is 15.0. The second-order valence-electron chi connectivity index (χ2n) is 5.57. The molecule has 0 atom stereocenters. The number of nitrogens with one attached hydrogen (secondary N) is 1. The second kappa shape index (κ2) is 7.77. The van der Waals surface area contributed by atoms with E-state index in [0.29, 0.717) is 35.0 Å². The number of rotatable bonds is 6. The van der Waals surface area contributed by atoms with E-state index in [1.165, 1.54) is 0 Å². The van der Waals surface area contributed by atoms with Gasteiger partial charge in [0.05, 0.1) is 26.5 Å². The van der Waals surface area contributed by atoms with Crippen LogP contribution in [0.25, 0.3) is 11.0 Å². The van der Waals surface area contributed by atoms with Crippen molar-refractivity contribution in [2.24, 2.45) is 0 Å². The number of fused-ring (bicyclic) bond motifs is 1. The number of para-hydroxylation sites is 1. The van der Waals surface area contributed by atoms with Crippen molar-refractivity contribution in [1.29, 1.82) is 0 Å². The van der Waals surface area contributed by atoms with Gasteiger partial charge in [-0.2, -0.15) is 0 Å². The number of hydrogen-bond donors (Lipinski definition) is 1. The van der Waals surface area contributed by atoms with E-state index in [9.17, 15) is 4.79 Å². The molecule has 2 aromatic carbocycles. The van der Waals surface area contributed by atoms with Gasteiger partial charge >= 0.3 is 6.03 Å². The highest BCUT2D eigenvalue weighted by Crippen LogP contribution is 2.32. The van der Waals surface area contributed by atoms with E-state index in [-0.39, 0.29) is 12.6 Å². The molecule has 0 saturated carbocycles. The third-order valence-corrected chi connectivity index (χ3v) is 4.10. The Hall–Kier alpha value is -3.22. The van der Waals surface area contributed by atoms with Gasteiger partial charge in [0, 0.05) is 18.0 Å². The normalized spacial score (nSPS) is 10.6. The molecule has 0 bridgehead atoms. The van der Waals surface area contributed by atoms with Gasteiger partial charge in [-0.15, -0.1) is 0 Å². The van der Waals surface area contributed by atoms with Crippen LogP contribution in [0.2, 0.25) is 0 Å². The summed E-state index contributed by atoms with van der Waals surface area (Å²) in [4.78, 5) is 14.3. The summed E-state index contributed by atoms with van der Waals surface area (Å²) in [6.07, 6.45) is 0. The van der Waals surface area contributed by atoms with Gasteiger partial charge in [0.25, 0.3) is 0 Å². The Bertz CT molecular complexity index is 907. The van der Waals surface area contributed by atoms with Crippen LogP contribution in [0, 0.1) is 0 Å². The van der Waals surface area contributed by atoms with Gasteiger partial charge < -0.3 is 19.3 Å². The van der Waals surface area contributed by atoms with Crippen LogP contribution < -0.4 is 19.7 Å². The lowest BCUT2D eigenvalue weighted by Gasteiger charge is -2.23. The predicted octanol–water partition coefficient (Wildman–Crippen LogP) is 3.58. The van der Waals surface area contributed by atoms with Crippen LogP contribution in [0.1, 0.15) is 12.6 Å². The van der Waals surface area contributed by atoms with Crippen molar-refractivity contribution in [3.8, 4) is 11.5 Å². The molecule has 136 valence electrons. The Morgan fingerprint density at radius 2 is 2.00 bits per heavy atom. The molecule has 0 fully saturated rings. The van der Waals surface area contributed by atoms with Crippen LogP contribution in [-0.2, 0) is 6.54 Å². The van der Waals surface area contributed by atoms with Gasteiger partial charge in [0.2, 0.25) is 0 Å². The van der Waals surface area contributed by atoms with Crippen molar-refractivity contribution in [3.05, 3.63) is 48.2 Å². The first kappa shape index (κ1) is 17.6. The molecule has 1 aromatic heterocycles. The average Bonchev–Trinajstić information content (AvgIpc) is 3.10. The van der Waals surface area contributed by atoms with E-state index >= 15 is 0 Å². The molecule has 3 aromatic rings. The van der Waals surface area contributed by atoms with Gasteiger partial charge in [0.1, 0.15) is 17.2 Å². The van der Waals surface area contributed by atoms with Gasteiger partial charge in [-0.1, -0.05) is 17.3 Å². The van der Waals surface area contributed by atoms with E-state index in [1.54, 1.807) is 37.3 Å². The second-order valence-corrected chi connectivity index (χ2v) is 5.57. The highest BCUT2D eigenvalue weighted by molar-refractivity contribution is 5.94. The summed E-state index contributed by atoms with van der Waals surface area (Å²) in [6.45, 7) is 2.62. The van der Waals surface area contributed by atoms with Gasteiger partial charge in [0.15, 0.2) is 5.58 Å². The Morgan fingerprint density at radius 3 is 2.73 bits per heavy atom. The smallest absolute Gasteiger partial charge is 0.322 e. The van der Waals surface area contributed by atoms with E-state index in [2.05, 4.69) is 10.5 Å². The number of ether oxygens (including phenoxy) is 2. The van der Waals surface area contributed by atoms with Crippen molar-refractivity contribution in [2.45, 2.75) is 13.5 Å². The Morgan fingerprint density at radius 1 is 1.19 bits per heavy atom. The molecule has 1 N–H and O–H groups in total. The highest BCUT2D eigenvalue weighted by atomic mass is 16.5. The summed E-state index contributed by atoms with van der Waals surface area (Å²) in [6, 6.07) is 12.6. The fourth-order valence-electron chi connectivity index (χ4n) is 2.75. The number of anilines is 1. The maximum absolute atomic E-state index is 12.7. The van der Waals surface area contributed by atoms with Crippen molar-refractivity contribution in [2.75, 3.05) is 25.7 Å². The van der Waals surface area contributed by atoms with Crippen molar-refractivity contribution in [3.63, 3.8) is 0 Å². The minimum Gasteiger partial charge on any atom is -0.497 e. The Balaban J connectivity index is 1.79. The number of methoxy groups -OCH3 is 2. The first-order chi connectivity index (χ1) is 12.7. The summed E-state index contributed by atoms with van der Waals surface area (Å²) < 4.78 is 15.9. The van der Waals surface area contributed by atoms with Gasteiger partial charge in [-0.05, 0) is 31.2 Å². The van der Waals surface area contributed by atoms with Crippen LogP contribution in [0.5, 0.6) is 11.5 Å². The van der Waals surface area contributed by atoms with Crippen LogP contribution in [0.15, 0.2) is 47.0 Å². The summed E-state index contributed by atoms with van der Waals surface area (Å²) in [7, 11) is 3.15. The van der Waals surface area contributed by atoms with Crippen molar-refractivity contribution < 1.29 is 18.8 Å². The molecule has 7 heteroatoms.